The largest absolute Gasteiger partial charge is 0.342 e. The lowest BCUT2D eigenvalue weighted by Crippen LogP contribution is -2.22. The van der Waals surface area contributed by atoms with E-state index in [1.165, 1.54) is 12.8 Å². The van der Waals surface area contributed by atoms with Gasteiger partial charge in [0.15, 0.2) is 0 Å². The molecule has 0 amide bonds. The maximum Gasteiger partial charge on any atom is 0.0361 e. The van der Waals surface area contributed by atoms with Crippen molar-refractivity contribution in [3.8, 4) is 0 Å². The standard InChI is InChI=1S/C10H13N/c1-10(2,3)11-8-4-6(8)7-5-9(7)11/h4-5H2,1-3H3. The summed E-state index contributed by atoms with van der Waals surface area (Å²) in [6.07, 6.45) is 2.58. The summed E-state index contributed by atoms with van der Waals surface area (Å²) in [6, 6.07) is 0. The highest BCUT2D eigenvalue weighted by atomic mass is 15.1. The molecule has 1 aromatic heterocycles. The highest BCUT2D eigenvalue weighted by Gasteiger charge is 2.42. The maximum absolute atomic E-state index is 2.54. The van der Waals surface area contributed by atoms with Gasteiger partial charge >= 0.3 is 0 Å². The van der Waals surface area contributed by atoms with E-state index in [0.29, 0.717) is 5.54 Å². The lowest BCUT2D eigenvalue weighted by Gasteiger charge is -2.23. The molecular formula is C10H13N. The van der Waals surface area contributed by atoms with E-state index in [2.05, 4.69) is 25.3 Å². The van der Waals surface area contributed by atoms with E-state index >= 15 is 0 Å². The number of aromatic nitrogens is 1. The van der Waals surface area contributed by atoms with E-state index in [1.54, 1.807) is 22.5 Å². The zero-order valence-electron chi connectivity index (χ0n) is 7.36. The van der Waals surface area contributed by atoms with Crippen molar-refractivity contribution in [3.63, 3.8) is 0 Å². The summed E-state index contributed by atoms with van der Waals surface area (Å²) in [5.74, 6) is 0. The number of rotatable bonds is 0. The third-order valence-corrected chi connectivity index (χ3v) is 2.71. The van der Waals surface area contributed by atoms with Gasteiger partial charge in [-0.2, -0.15) is 0 Å². The van der Waals surface area contributed by atoms with Gasteiger partial charge in [-0.1, -0.05) is 0 Å². The van der Waals surface area contributed by atoms with Gasteiger partial charge in [0.25, 0.3) is 0 Å². The van der Waals surface area contributed by atoms with Crippen LogP contribution in [0.15, 0.2) is 0 Å². The zero-order chi connectivity index (χ0) is 7.80. The molecule has 1 aromatic rings. The Morgan fingerprint density at radius 3 is 1.73 bits per heavy atom. The lowest BCUT2D eigenvalue weighted by atomic mass is 10.1. The van der Waals surface area contributed by atoms with Gasteiger partial charge in [-0.15, -0.1) is 0 Å². The minimum absolute atomic E-state index is 0.324. The number of nitrogens with zero attached hydrogens (tertiary/aromatic N) is 1. The first-order chi connectivity index (χ1) is 5.09. The van der Waals surface area contributed by atoms with Gasteiger partial charge in [-0.05, 0) is 31.9 Å². The van der Waals surface area contributed by atoms with Gasteiger partial charge in [-0.25, -0.2) is 0 Å². The van der Waals surface area contributed by atoms with Crippen LogP contribution in [0.5, 0.6) is 0 Å². The fourth-order valence-electron chi connectivity index (χ4n) is 2.21. The molecule has 0 saturated heterocycles. The molecule has 0 N–H and O–H groups in total. The third kappa shape index (κ3) is 0.574. The molecule has 0 bridgehead atoms. The van der Waals surface area contributed by atoms with Crippen LogP contribution in [0.3, 0.4) is 0 Å². The molecule has 0 fully saturated rings. The predicted octanol–water partition coefficient (Wildman–Crippen LogP) is 2.05. The summed E-state index contributed by atoms with van der Waals surface area (Å²) in [4.78, 5) is 0. The Morgan fingerprint density at radius 2 is 1.45 bits per heavy atom. The van der Waals surface area contributed by atoms with E-state index < -0.39 is 0 Å². The van der Waals surface area contributed by atoms with E-state index in [-0.39, 0.29) is 0 Å². The fourth-order valence-corrected chi connectivity index (χ4v) is 2.21. The summed E-state index contributed by atoms with van der Waals surface area (Å²) in [7, 11) is 0. The average molecular weight is 147 g/mol. The van der Waals surface area contributed by atoms with Gasteiger partial charge in [-0.3, -0.25) is 0 Å². The summed E-state index contributed by atoms with van der Waals surface area (Å²) < 4.78 is 2.54. The van der Waals surface area contributed by atoms with Crippen molar-refractivity contribution >= 4 is 0 Å². The van der Waals surface area contributed by atoms with Crippen LogP contribution in [0.25, 0.3) is 0 Å². The van der Waals surface area contributed by atoms with Crippen LogP contribution < -0.4 is 0 Å². The topological polar surface area (TPSA) is 4.93 Å². The molecule has 3 rings (SSSR count). The molecular weight excluding hydrogens is 134 g/mol. The minimum atomic E-state index is 0.324. The van der Waals surface area contributed by atoms with Gasteiger partial charge in [0.2, 0.25) is 0 Å². The van der Waals surface area contributed by atoms with E-state index in [9.17, 15) is 0 Å². The summed E-state index contributed by atoms with van der Waals surface area (Å²) in [5.41, 5.74) is 6.91. The van der Waals surface area contributed by atoms with Crippen molar-refractivity contribution in [2.24, 2.45) is 0 Å². The van der Waals surface area contributed by atoms with Crippen molar-refractivity contribution in [2.75, 3.05) is 0 Å². The van der Waals surface area contributed by atoms with Crippen LogP contribution in [-0.2, 0) is 18.4 Å². The average Bonchev–Trinajstić information content (AvgIpc) is 2.65. The molecule has 1 heterocycles. The lowest BCUT2D eigenvalue weighted by molar-refractivity contribution is 0.391. The summed E-state index contributed by atoms with van der Waals surface area (Å²) in [5, 5.41) is 0. The summed E-state index contributed by atoms with van der Waals surface area (Å²) in [6.45, 7) is 6.89. The first-order valence-corrected chi connectivity index (χ1v) is 4.34. The second-order valence-electron chi connectivity index (χ2n) is 4.71. The van der Waals surface area contributed by atoms with Gasteiger partial charge in [0.05, 0.1) is 0 Å². The number of fused-ring (bicyclic) bond motifs is 3. The van der Waals surface area contributed by atoms with Crippen LogP contribution in [0.1, 0.15) is 43.3 Å². The van der Waals surface area contributed by atoms with Crippen molar-refractivity contribution in [1.82, 2.24) is 4.57 Å². The highest BCUT2D eigenvalue weighted by molar-refractivity contribution is 5.62. The smallest absolute Gasteiger partial charge is 0.0361 e. The van der Waals surface area contributed by atoms with E-state index in [1.807, 2.05) is 0 Å². The highest BCUT2D eigenvalue weighted by Crippen LogP contribution is 2.49. The molecule has 0 atom stereocenters. The Kier molecular flexibility index (Phi) is 0.684. The van der Waals surface area contributed by atoms with E-state index in [0.717, 1.165) is 0 Å². The fraction of sp³-hybridized carbons (Fsp3) is 0.600. The summed E-state index contributed by atoms with van der Waals surface area (Å²) >= 11 is 0. The molecule has 0 radical (unpaired) electrons. The molecule has 58 valence electrons. The first kappa shape index (κ1) is 5.87. The van der Waals surface area contributed by atoms with E-state index in [4.69, 9.17) is 0 Å². The van der Waals surface area contributed by atoms with Crippen LogP contribution in [0, 0.1) is 0 Å². The normalized spacial score (nSPS) is 17.7. The molecule has 0 saturated carbocycles. The molecule has 1 nitrogen and oxygen atoms in total. The van der Waals surface area contributed by atoms with Crippen LogP contribution >= 0.6 is 0 Å². The van der Waals surface area contributed by atoms with Crippen molar-refractivity contribution in [1.29, 1.82) is 0 Å². The zero-order valence-corrected chi connectivity index (χ0v) is 7.36. The minimum Gasteiger partial charge on any atom is -0.342 e. The first-order valence-electron chi connectivity index (χ1n) is 4.34. The van der Waals surface area contributed by atoms with Crippen molar-refractivity contribution in [3.05, 3.63) is 22.5 Å². The van der Waals surface area contributed by atoms with Crippen LogP contribution in [-0.4, -0.2) is 4.57 Å². The van der Waals surface area contributed by atoms with Crippen LogP contribution in [0.2, 0.25) is 0 Å². The molecule has 0 spiro atoms. The second-order valence-corrected chi connectivity index (χ2v) is 4.71. The van der Waals surface area contributed by atoms with Gasteiger partial charge < -0.3 is 4.57 Å². The van der Waals surface area contributed by atoms with Crippen molar-refractivity contribution < 1.29 is 0 Å². The van der Waals surface area contributed by atoms with Crippen molar-refractivity contribution in [2.45, 2.75) is 39.2 Å². The molecule has 0 aliphatic heterocycles. The Bertz CT molecular complexity index is 322. The Balaban J connectivity index is 2.24. The quantitative estimate of drug-likeness (QED) is 0.458. The Hall–Kier alpha value is -0.720. The van der Waals surface area contributed by atoms with Crippen LogP contribution in [0.4, 0.5) is 0 Å². The maximum atomic E-state index is 2.54. The Morgan fingerprint density at radius 1 is 1.00 bits per heavy atom. The number of hydrogen-bond donors (Lipinski definition) is 0. The monoisotopic (exact) mass is 147 g/mol. The molecule has 11 heavy (non-hydrogen) atoms. The SMILES string of the molecule is CC(C)(C)n1c2c(c3c1C3)C2. The molecule has 0 unspecified atom stereocenters. The number of hydrogen-bond acceptors (Lipinski definition) is 0. The van der Waals surface area contributed by atoms with Gasteiger partial charge in [0, 0.05) is 29.8 Å². The second kappa shape index (κ2) is 1.28. The molecule has 2 aliphatic carbocycles. The predicted molar refractivity (Wildman–Crippen MR) is 45.0 cm³/mol. The molecule has 1 heteroatoms. The Labute approximate surface area is 67.0 Å². The molecule has 0 aromatic carbocycles. The van der Waals surface area contributed by atoms with Gasteiger partial charge in [0.1, 0.15) is 0 Å². The third-order valence-electron chi connectivity index (χ3n) is 2.71. The molecule has 2 aliphatic rings.